The minimum Gasteiger partial charge on any atom is -1.00 e. The molecule has 144 valence electrons. The molecule has 1 amide bonds. The fraction of sp³-hybridized carbons (Fsp3) is 0.850. The van der Waals surface area contributed by atoms with Crippen molar-refractivity contribution in [3.05, 3.63) is 11.8 Å². The minimum absolute atomic E-state index is 0. The first-order valence-electron chi connectivity index (χ1n) is 9.73. The molecule has 0 spiro atoms. The Balaban J connectivity index is 0. The average Bonchev–Trinajstić information content (AvgIpc) is 2.50. The predicted octanol–water partition coefficient (Wildman–Crippen LogP) is 2.03. The number of hydrogen-bond acceptors (Lipinski definition) is 1. The zero-order valence-electron chi connectivity index (χ0n) is 16.8. The summed E-state index contributed by atoms with van der Waals surface area (Å²) >= 11 is 0. The lowest BCUT2D eigenvalue weighted by molar-refractivity contribution is -0.852. The van der Waals surface area contributed by atoms with Gasteiger partial charge >= 0.3 is 0 Å². The molecule has 0 radical (unpaired) electrons. The van der Waals surface area contributed by atoms with Crippen molar-refractivity contribution in [3.63, 3.8) is 0 Å². The highest BCUT2D eigenvalue weighted by Gasteiger charge is 2.18. The van der Waals surface area contributed by atoms with E-state index in [1.165, 1.54) is 51.4 Å². The van der Waals surface area contributed by atoms with Gasteiger partial charge < -0.3 is 17.7 Å². The molecule has 0 aliphatic carbocycles. The number of allylic oxidation sites excluding steroid dienone is 1. The quantitative estimate of drug-likeness (QED) is 0.286. The molecule has 0 saturated carbocycles. The van der Waals surface area contributed by atoms with Crippen LogP contribution in [0.15, 0.2) is 11.8 Å². The summed E-state index contributed by atoms with van der Waals surface area (Å²) < 4.78 is 0.817. The summed E-state index contributed by atoms with van der Waals surface area (Å²) in [6.45, 7) is 8.37. The maximum Gasteiger partial charge on any atom is 0.249 e. The van der Waals surface area contributed by atoms with Crippen LogP contribution in [0.25, 0.3) is 0 Å². The van der Waals surface area contributed by atoms with Gasteiger partial charge in [0.1, 0.15) is 5.70 Å². The van der Waals surface area contributed by atoms with Gasteiger partial charge in [0.2, 0.25) is 5.91 Å². The van der Waals surface area contributed by atoms with Crippen LogP contribution in [0, 0.1) is 0 Å². The molecule has 4 heteroatoms. The Morgan fingerprint density at radius 3 is 1.92 bits per heavy atom. The molecule has 0 aromatic rings. The van der Waals surface area contributed by atoms with Gasteiger partial charge in [-0.3, -0.25) is 9.28 Å². The number of unbranched alkanes of at least 4 members (excludes halogenated alkanes) is 8. The minimum atomic E-state index is 0. The second kappa shape index (κ2) is 16.0. The molecule has 24 heavy (non-hydrogen) atoms. The number of nitrogens with one attached hydrogen (secondary N) is 1. The van der Waals surface area contributed by atoms with Crippen LogP contribution in [0.3, 0.4) is 0 Å². The molecule has 0 aromatic carbocycles. The standard InChI is InChI=1S/C20H40N2O.ClH/c1-6-8-10-11-12-13-14-15-17-22(4,5)19(3)18-20(23)21-16-9-7-2;/h18H,6-17H2,1-5H3;1H/b19-18+;. The summed E-state index contributed by atoms with van der Waals surface area (Å²) in [5, 5.41) is 2.96. The SMILES string of the molecule is CCCCCCCCCC[N+](C)(C)/C(C)=C/C(=O)NCCCC.[Cl-]. The summed E-state index contributed by atoms with van der Waals surface area (Å²) in [4.78, 5) is 11.9. The molecular weight excluding hydrogens is 320 g/mol. The van der Waals surface area contributed by atoms with Crippen molar-refractivity contribution in [1.29, 1.82) is 0 Å². The van der Waals surface area contributed by atoms with Gasteiger partial charge in [-0.1, -0.05) is 58.8 Å². The van der Waals surface area contributed by atoms with Crippen molar-refractivity contribution >= 4 is 5.91 Å². The van der Waals surface area contributed by atoms with Gasteiger partial charge in [0.25, 0.3) is 0 Å². The van der Waals surface area contributed by atoms with E-state index in [9.17, 15) is 4.79 Å². The van der Waals surface area contributed by atoms with E-state index in [1.54, 1.807) is 6.08 Å². The van der Waals surface area contributed by atoms with E-state index in [-0.39, 0.29) is 18.3 Å². The molecule has 0 aromatic heterocycles. The zero-order valence-corrected chi connectivity index (χ0v) is 17.6. The topological polar surface area (TPSA) is 29.1 Å². The van der Waals surface area contributed by atoms with Crippen LogP contribution in [-0.2, 0) is 4.79 Å². The van der Waals surface area contributed by atoms with Crippen LogP contribution in [-0.4, -0.2) is 37.6 Å². The number of hydrogen-bond donors (Lipinski definition) is 1. The third-order valence-corrected chi connectivity index (χ3v) is 4.70. The highest BCUT2D eigenvalue weighted by atomic mass is 35.5. The van der Waals surface area contributed by atoms with Crippen molar-refractivity contribution in [2.45, 2.75) is 85.0 Å². The molecule has 0 aliphatic rings. The van der Waals surface area contributed by atoms with Gasteiger partial charge in [-0.15, -0.1) is 0 Å². The lowest BCUT2D eigenvalue weighted by Gasteiger charge is -2.30. The van der Waals surface area contributed by atoms with Gasteiger partial charge in [0.15, 0.2) is 0 Å². The Kier molecular flexibility index (Phi) is 17.1. The van der Waals surface area contributed by atoms with Crippen molar-refractivity contribution < 1.29 is 21.7 Å². The van der Waals surface area contributed by atoms with Gasteiger partial charge in [-0.05, 0) is 19.3 Å². The highest BCUT2D eigenvalue weighted by Crippen LogP contribution is 2.14. The van der Waals surface area contributed by atoms with Crippen molar-refractivity contribution in [2.75, 3.05) is 27.2 Å². The number of amides is 1. The van der Waals surface area contributed by atoms with E-state index >= 15 is 0 Å². The second-order valence-electron chi connectivity index (χ2n) is 7.31. The summed E-state index contributed by atoms with van der Waals surface area (Å²) in [7, 11) is 4.40. The van der Waals surface area contributed by atoms with Crippen molar-refractivity contribution in [3.8, 4) is 0 Å². The van der Waals surface area contributed by atoms with E-state index in [0.29, 0.717) is 0 Å². The van der Waals surface area contributed by atoms with Crippen LogP contribution >= 0.6 is 0 Å². The fourth-order valence-electron chi connectivity index (χ4n) is 2.62. The largest absolute Gasteiger partial charge is 1.00 e. The van der Waals surface area contributed by atoms with Crippen LogP contribution in [0.5, 0.6) is 0 Å². The summed E-state index contributed by atoms with van der Waals surface area (Å²) in [5.41, 5.74) is 1.14. The Morgan fingerprint density at radius 1 is 0.875 bits per heavy atom. The maximum absolute atomic E-state index is 11.9. The van der Waals surface area contributed by atoms with Gasteiger partial charge in [-0.2, -0.15) is 0 Å². The van der Waals surface area contributed by atoms with Crippen molar-refractivity contribution in [2.24, 2.45) is 0 Å². The molecule has 0 saturated heterocycles. The Hall–Kier alpha value is -0.540. The van der Waals surface area contributed by atoms with Crippen LogP contribution in [0.2, 0.25) is 0 Å². The molecule has 0 heterocycles. The zero-order chi connectivity index (χ0) is 17.6. The van der Waals surface area contributed by atoms with E-state index < -0.39 is 0 Å². The molecule has 0 aliphatic heterocycles. The normalized spacial score (nSPS) is 12.0. The van der Waals surface area contributed by atoms with E-state index in [1.807, 2.05) is 0 Å². The molecular formula is C20H41ClN2O. The number of carbonyl (C=O) groups excluding carboxylic acids is 1. The second-order valence-corrected chi connectivity index (χ2v) is 7.31. The van der Waals surface area contributed by atoms with Gasteiger partial charge in [0.05, 0.1) is 26.7 Å². The number of quaternary nitrogens is 1. The fourth-order valence-corrected chi connectivity index (χ4v) is 2.62. The van der Waals surface area contributed by atoms with E-state index in [2.05, 4.69) is 40.2 Å². The molecule has 3 nitrogen and oxygen atoms in total. The lowest BCUT2D eigenvalue weighted by Crippen LogP contribution is -3.00. The first kappa shape index (κ1) is 25.7. The number of nitrogens with zero attached hydrogens (tertiary/aromatic N) is 1. The van der Waals surface area contributed by atoms with Crippen molar-refractivity contribution in [1.82, 2.24) is 5.32 Å². The lowest BCUT2D eigenvalue weighted by atomic mass is 10.1. The molecule has 0 rings (SSSR count). The van der Waals surface area contributed by atoms with E-state index in [4.69, 9.17) is 0 Å². The molecule has 1 N–H and O–H groups in total. The number of carbonyl (C=O) groups is 1. The first-order chi connectivity index (χ1) is 10.9. The molecule has 0 fully saturated rings. The Morgan fingerprint density at radius 2 is 1.38 bits per heavy atom. The predicted molar refractivity (Wildman–Crippen MR) is 101 cm³/mol. The van der Waals surface area contributed by atoms with E-state index in [0.717, 1.165) is 36.1 Å². The smallest absolute Gasteiger partial charge is 0.249 e. The summed E-state index contributed by atoms with van der Waals surface area (Å²) in [6.07, 6.45) is 14.7. The molecule has 0 unspecified atom stereocenters. The third kappa shape index (κ3) is 13.9. The van der Waals surface area contributed by atoms with Crippen LogP contribution in [0.1, 0.15) is 85.0 Å². The van der Waals surface area contributed by atoms with Crippen LogP contribution in [0.4, 0.5) is 0 Å². The van der Waals surface area contributed by atoms with Crippen LogP contribution < -0.4 is 17.7 Å². The highest BCUT2D eigenvalue weighted by molar-refractivity contribution is 5.87. The van der Waals surface area contributed by atoms with Gasteiger partial charge in [-0.25, -0.2) is 0 Å². The average molecular weight is 361 g/mol. The summed E-state index contributed by atoms with van der Waals surface area (Å²) in [6, 6.07) is 0. The molecule has 0 bridgehead atoms. The monoisotopic (exact) mass is 360 g/mol. The third-order valence-electron chi connectivity index (χ3n) is 4.70. The number of halogens is 1. The number of rotatable bonds is 14. The first-order valence-corrected chi connectivity index (χ1v) is 9.73. The Labute approximate surface area is 157 Å². The summed E-state index contributed by atoms with van der Waals surface area (Å²) in [5.74, 6) is 0.0538. The maximum atomic E-state index is 11.9. The van der Waals surface area contributed by atoms with Gasteiger partial charge in [0, 0.05) is 13.5 Å². The Bertz CT molecular complexity index is 341. The molecule has 0 atom stereocenters.